The molecule has 27 heavy (non-hydrogen) atoms. The standard InChI is InChI=1S/C21H20BrN3O2/c1-2-27-21(26)20-14-25(12-16-5-3-4-15(10-16)11-24-23)13-19(20)17-6-8-18(22)9-7-17/h3-11,13-14H,2,12,23H2,1H3/b24-11-. The third kappa shape index (κ3) is 4.65. The summed E-state index contributed by atoms with van der Waals surface area (Å²) in [6.07, 6.45) is 5.41. The Bertz CT molecular complexity index is 962. The Morgan fingerprint density at radius 3 is 2.70 bits per heavy atom. The van der Waals surface area contributed by atoms with Gasteiger partial charge in [-0.15, -0.1) is 0 Å². The molecule has 138 valence electrons. The molecule has 0 radical (unpaired) electrons. The zero-order chi connectivity index (χ0) is 19.2. The molecule has 1 aromatic heterocycles. The van der Waals surface area contributed by atoms with Crippen molar-refractivity contribution in [2.75, 3.05) is 6.61 Å². The lowest BCUT2D eigenvalue weighted by Gasteiger charge is -2.04. The molecule has 0 spiro atoms. The third-order valence-corrected chi connectivity index (χ3v) is 4.60. The van der Waals surface area contributed by atoms with E-state index in [2.05, 4.69) is 21.0 Å². The van der Waals surface area contributed by atoms with Crippen molar-refractivity contribution in [3.8, 4) is 11.1 Å². The number of hydrogen-bond acceptors (Lipinski definition) is 4. The number of esters is 1. The first kappa shape index (κ1) is 18.9. The van der Waals surface area contributed by atoms with Crippen LogP contribution in [0.3, 0.4) is 0 Å². The first-order chi connectivity index (χ1) is 13.1. The molecule has 6 heteroatoms. The topological polar surface area (TPSA) is 69.6 Å². The number of carbonyl (C=O) groups excluding carboxylic acids is 1. The summed E-state index contributed by atoms with van der Waals surface area (Å²) in [5, 5.41) is 3.57. The molecular formula is C21H20BrN3O2. The highest BCUT2D eigenvalue weighted by Gasteiger charge is 2.17. The number of benzene rings is 2. The van der Waals surface area contributed by atoms with Crippen molar-refractivity contribution in [1.82, 2.24) is 4.57 Å². The van der Waals surface area contributed by atoms with Gasteiger partial charge in [-0.05, 0) is 41.8 Å². The zero-order valence-electron chi connectivity index (χ0n) is 14.9. The monoisotopic (exact) mass is 425 g/mol. The minimum Gasteiger partial charge on any atom is -0.462 e. The number of carbonyl (C=O) groups is 1. The van der Waals surface area contributed by atoms with Crippen molar-refractivity contribution in [3.63, 3.8) is 0 Å². The molecule has 3 rings (SSSR count). The number of hydrogen-bond donors (Lipinski definition) is 1. The van der Waals surface area contributed by atoms with Crippen molar-refractivity contribution in [2.45, 2.75) is 13.5 Å². The van der Waals surface area contributed by atoms with E-state index in [1.165, 1.54) is 0 Å². The third-order valence-electron chi connectivity index (χ3n) is 4.07. The van der Waals surface area contributed by atoms with Gasteiger partial charge in [0.15, 0.2) is 0 Å². The molecule has 0 aliphatic rings. The van der Waals surface area contributed by atoms with E-state index >= 15 is 0 Å². The van der Waals surface area contributed by atoms with E-state index in [-0.39, 0.29) is 5.97 Å². The Kier molecular flexibility index (Phi) is 6.08. The molecule has 3 aromatic rings. The van der Waals surface area contributed by atoms with Gasteiger partial charge in [0.25, 0.3) is 0 Å². The molecule has 0 saturated carbocycles. The number of halogens is 1. The molecular weight excluding hydrogens is 406 g/mol. The van der Waals surface area contributed by atoms with Crippen LogP contribution in [0.4, 0.5) is 0 Å². The fourth-order valence-electron chi connectivity index (χ4n) is 2.90. The predicted molar refractivity (Wildman–Crippen MR) is 111 cm³/mol. The first-order valence-corrected chi connectivity index (χ1v) is 9.35. The molecule has 0 atom stereocenters. The molecule has 1 heterocycles. The Morgan fingerprint density at radius 1 is 1.22 bits per heavy atom. The number of nitrogens with zero attached hydrogens (tertiary/aromatic N) is 2. The van der Waals surface area contributed by atoms with Crippen molar-refractivity contribution < 1.29 is 9.53 Å². The van der Waals surface area contributed by atoms with Crippen LogP contribution in [0.25, 0.3) is 11.1 Å². The summed E-state index contributed by atoms with van der Waals surface area (Å²) < 4.78 is 8.21. The molecule has 2 N–H and O–H groups in total. The van der Waals surface area contributed by atoms with Gasteiger partial charge in [0.2, 0.25) is 0 Å². The Morgan fingerprint density at radius 2 is 2.00 bits per heavy atom. The lowest BCUT2D eigenvalue weighted by molar-refractivity contribution is 0.0527. The van der Waals surface area contributed by atoms with E-state index in [0.29, 0.717) is 18.7 Å². The minimum absolute atomic E-state index is 0.321. The predicted octanol–water partition coefficient (Wildman–Crippen LogP) is 4.44. The van der Waals surface area contributed by atoms with Crippen molar-refractivity contribution in [1.29, 1.82) is 0 Å². The van der Waals surface area contributed by atoms with Crippen molar-refractivity contribution in [2.24, 2.45) is 10.9 Å². The maximum absolute atomic E-state index is 12.4. The highest BCUT2D eigenvalue weighted by molar-refractivity contribution is 9.10. The number of hydrazone groups is 1. The van der Waals surface area contributed by atoms with Gasteiger partial charge in [0.1, 0.15) is 0 Å². The average molecular weight is 426 g/mol. The summed E-state index contributed by atoms with van der Waals surface area (Å²) in [4.78, 5) is 12.4. The number of aromatic nitrogens is 1. The quantitative estimate of drug-likeness (QED) is 0.274. The Balaban J connectivity index is 1.96. The largest absolute Gasteiger partial charge is 0.462 e. The van der Waals surface area contributed by atoms with Crippen LogP contribution < -0.4 is 5.84 Å². The van der Waals surface area contributed by atoms with Crippen LogP contribution in [-0.2, 0) is 11.3 Å². The summed E-state index contributed by atoms with van der Waals surface area (Å²) in [5.41, 5.74) is 4.38. The van der Waals surface area contributed by atoms with E-state index in [9.17, 15) is 4.79 Å². The fourth-order valence-corrected chi connectivity index (χ4v) is 3.16. The van der Waals surface area contributed by atoms with Gasteiger partial charge in [-0.25, -0.2) is 4.79 Å². The van der Waals surface area contributed by atoms with Crippen LogP contribution in [0.1, 0.15) is 28.4 Å². The van der Waals surface area contributed by atoms with E-state index < -0.39 is 0 Å². The number of nitrogens with two attached hydrogens (primary N) is 1. The molecule has 5 nitrogen and oxygen atoms in total. The van der Waals surface area contributed by atoms with Gasteiger partial charge in [0, 0.05) is 29.0 Å². The summed E-state index contributed by atoms with van der Waals surface area (Å²) in [6, 6.07) is 15.8. The van der Waals surface area contributed by atoms with Gasteiger partial charge in [-0.3, -0.25) is 0 Å². The minimum atomic E-state index is -0.321. The first-order valence-electron chi connectivity index (χ1n) is 8.55. The number of ether oxygens (including phenoxy) is 1. The summed E-state index contributed by atoms with van der Waals surface area (Å²) >= 11 is 3.44. The second-order valence-corrected chi connectivity index (χ2v) is 6.92. The molecule has 0 saturated heterocycles. The van der Waals surface area contributed by atoms with Gasteiger partial charge >= 0.3 is 5.97 Å². The van der Waals surface area contributed by atoms with Crippen LogP contribution in [-0.4, -0.2) is 23.4 Å². The van der Waals surface area contributed by atoms with Crippen LogP contribution in [0, 0.1) is 0 Å². The summed E-state index contributed by atoms with van der Waals surface area (Å²) in [6.45, 7) is 2.76. The normalized spacial score (nSPS) is 11.0. The molecule has 0 fully saturated rings. The van der Waals surface area contributed by atoms with E-state index in [0.717, 1.165) is 26.7 Å². The van der Waals surface area contributed by atoms with Crippen molar-refractivity contribution in [3.05, 3.63) is 82.1 Å². The summed E-state index contributed by atoms with van der Waals surface area (Å²) in [5.74, 6) is 4.91. The van der Waals surface area contributed by atoms with E-state index in [4.69, 9.17) is 10.6 Å². The Labute approximate surface area is 166 Å². The highest BCUT2D eigenvalue weighted by Crippen LogP contribution is 2.27. The lowest BCUT2D eigenvalue weighted by Crippen LogP contribution is -2.05. The van der Waals surface area contributed by atoms with Crippen LogP contribution in [0.15, 0.2) is 70.5 Å². The van der Waals surface area contributed by atoms with Gasteiger partial charge in [-0.1, -0.05) is 46.3 Å². The van der Waals surface area contributed by atoms with Gasteiger partial charge < -0.3 is 15.1 Å². The maximum atomic E-state index is 12.4. The molecule has 0 amide bonds. The van der Waals surface area contributed by atoms with Crippen LogP contribution >= 0.6 is 15.9 Å². The van der Waals surface area contributed by atoms with Gasteiger partial charge in [-0.2, -0.15) is 5.10 Å². The van der Waals surface area contributed by atoms with Gasteiger partial charge in [0.05, 0.1) is 18.4 Å². The molecule has 2 aromatic carbocycles. The summed E-state index contributed by atoms with van der Waals surface area (Å²) in [7, 11) is 0. The van der Waals surface area contributed by atoms with Crippen LogP contribution in [0.5, 0.6) is 0 Å². The molecule has 0 aliphatic carbocycles. The van der Waals surface area contributed by atoms with E-state index in [1.807, 2.05) is 65.5 Å². The second kappa shape index (κ2) is 8.68. The molecule has 0 unspecified atom stereocenters. The van der Waals surface area contributed by atoms with Crippen molar-refractivity contribution >= 4 is 28.1 Å². The average Bonchev–Trinajstić information content (AvgIpc) is 3.07. The van der Waals surface area contributed by atoms with E-state index in [1.54, 1.807) is 13.1 Å². The maximum Gasteiger partial charge on any atom is 0.340 e. The van der Waals surface area contributed by atoms with Crippen LogP contribution in [0.2, 0.25) is 0 Å². The highest BCUT2D eigenvalue weighted by atomic mass is 79.9. The Hall–Kier alpha value is -2.86. The SMILES string of the molecule is CCOC(=O)c1cn(Cc2cccc(/C=N\N)c2)cc1-c1ccc(Br)cc1. The fraction of sp³-hybridized carbons (Fsp3) is 0.143. The molecule has 0 bridgehead atoms. The zero-order valence-corrected chi connectivity index (χ0v) is 16.5. The smallest absolute Gasteiger partial charge is 0.340 e. The molecule has 0 aliphatic heterocycles. The second-order valence-electron chi connectivity index (χ2n) is 6.01. The number of rotatable bonds is 6. The lowest BCUT2D eigenvalue weighted by atomic mass is 10.1.